The minimum absolute atomic E-state index is 0.709. The molecule has 0 spiro atoms. The van der Waals surface area contributed by atoms with Gasteiger partial charge in [0.25, 0.3) is 0 Å². The van der Waals surface area contributed by atoms with E-state index < -0.39 is 0 Å². The molecule has 0 fully saturated rings. The van der Waals surface area contributed by atoms with Crippen molar-refractivity contribution >= 4 is 78.2 Å². The minimum Gasteiger partial charge on any atom is -0.497 e. The Labute approximate surface area is 394 Å². The molecule has 0 aliphatic rings. The van der Waals surface area contributed by atoms with Gasteiger partial charge in [0.2, 0.25) is 0 Å². The third kappa shape index (κ3) is 15.6. The number of rotatable bonds is 32. The Hall–Kier alpha value is -4.04. The smallest absolute Gasteiger partial charge is 0.119 e. The average Bonchev–Trinajstić information content (AvgIpc) is 3.30. The zero-order valence-electron chi connectivity index (χ0n) is 39.2. The van der Waals surface area contributed by atoms with Crippen molar-refractivity contribution in [3.05, 3.63) is 82.8 Å². The van der Waals surface area contributed by atoms with Crippen LogP contribution < -0.4 is 20.1 Å². The molecule has 7 nitrogen and oxygen atoms in total. The molecule has 6 rings (SSSR count). The molecule has 2 heterocycles. The second kappa shape index (κ2) is 27.4. The van der Waals surface area contributed by atoms with Crippen LogP contribution in [0.5, 0.6) is 11.5 Å². The van der Waals surface area contributed by atoms with E-state index in [4.69, 9.17) is 42.6 Å². The molecule has 0 saturated heterocycles. The molecule has 2 N–H and O–H groups in total. The number of methoxy groups -OCH3 is 2. The number of benzene rings is 4. The van der Waals surface area contributed by atoms with Crippen LogP contribution in [0.25, 0.3) is 43.6 Å². The van der Waals surface area contributed by atoms with Gasteiger partial charge in [0, 0.05) is 44.7 Å². The van der Waals surface area contributed by atoms with E-state index in [1.807, 2.05) is 48.5 Å². The van der Waals surface area contributed by atoms with E-state index in [9.17, 15) is 0 Å². The fourth-order valence-electron chi connectivity index (χ4n) is 9.16. The molecule has 0 radical (unpaired) electrons. The van der Waals surface area contributed by atoms with Gasteiger partial charge in [0.15, 0.2) is 0 Å². The fraction of sp³-hybridized carbons (Fsp3) is 0.527. The molecule has 0 saturated carbocycles. The molecule has 2 aromatic heterocycles. The molecule has 346 valence electrons. The molecule has 0 bridgehead atoms. The summed E-state index contributed by atoms with van der Waals surface area (Å²) in [5.74, 6) is 1.69. The molecular weight excluding hydrogens is 834 g/mol. The van der Waals surface area contributed by atoms with Gasteiger partial charge in [0.1, 0.15) is 11.5 Å². The molecule has 9 heteroatoms. The van der Waals surface area contributed by atoms with Gasteiger partial charge in [-0.2, -0.15) is 0 Å². The summed E-state index contributed by atoms with van der Waals surface area (Å²) in [6.07, 6.45) is 29.5. The van der Waals surface area contributed by atoms with E-state index in [0.29, 0.717) is 10.0 Å². The van der Waals surface area contributed by atoms with Gasteiger partial charge in [-0.1, -0.05) is 139 Å². The lowest BCUT2D eigenvalue weighted by Gasteiger charge is -2.16. The van der Waals surface area contributed by atoms with Crippen LogP contribution in [0.4, 0.5) is 11.4 Å². The van der Waals surface area contributed by atoms with Gasteiger partial charge < -0.3 is 25.0 Å². The summed E-state index contributed by atoms with van der Waals surface area (Å²) in [4.78, 5) is 12.3. The van der Waals surface area contributed by atoms with Crippen molar-refractivity contribution in [2.45, 2.75) is 141 Å². The lowest BCUT2D eigenvalue weighted by molar-refractivity contribution is 0.314. The highest BCUT2D eigenvalue weighted by Gasteiger charge is 2.13. The third-order valence-electron chi connectivity index (χ3n) is 12.9. The number of nitrogens with one attached hydrogen (secondary N) is 2. The van der Waals surface area contributed by atoms with E-state index in [2.05, 4.69) is 46.8 Å². The Morgan fingerprint density at radius 1 is 0.406 bits per heavy atom. The normalized spacial score (nSPS) is 11.7. The van der Waals surface area contributed by atoms with Crippen molar-refractivity contribution in [2.75, 3.05) is 58.1 Å². The van der Waals surface area contributed by atoms with E-state index in [1.165, 1.54) is 148 Å². The highest BCUT2D eigenvalue weighted by atomic mass is 35.5. The number of hydrogen-bond donors (Lipinski definition) is 2. The number of aromatic nitrogens is 2. The van der Waals surface area contributed by atoms with Gasteiger partial charge >= 0.3 is 0 Å². The summed E-state index contributed by atoms with van der Waals surface area (Å²) in [6, 6.07) is 24.1. The van der Waals surface area contributed by atoms with E-state index in [1.54, 1.807) is 14.2 Å². The lowest BCUT2D eigenvalue weighted by Crippen LogP contribution is -2.20. The van der Waals surface area contributed by atoms with Crippen LogP contribution in [-0.2, 0) is 0 Å². The maximum absolute atomic E-state index is 6.30. The van der Waals surface area contributed by atoms with Crippen LogP contribution >= 0.6 is 23.2 Å². The van der Waals surface area contributed by atoms with Crippen molar-refractivity contribution in [3.8, 4) is 11.5 Å². The number of pyridine rings is 2. The Bertz CT molecular complexity index is 2320. The number of nitrogens with zero attached hydrogens (tertiary/aromatic N) is 3. The molecular formula is C55H75Cl2N5O2. The largest absolute Gasteiger partial charge is 0.497 e. The highest BCUT2D eigenvalue weighted by Crippen LogP contribution is 2.36. The zero-order valence-corrected chi connectivity index (χ0v) is 40.7. The maximum atomic E-state index is 6.30. The average molecular weight is 909 g/mol. The lowest BCUT2D eigenvalue weighted by atomic mass is 10.0. The summed E-state index contributed by atoms with van der Waals surface area (Å²) >= 11 is 12.6. The monoisotopic (exact) mass is 908 g/mol. The van der Waals surface area contributed by atoms with Gasteiger partial charge in [-0.15, -0.1) is 0 Å². The predicted molar refractivity (Wildman–Crippen MR) is 278 cm³/mol. The molecule has 0 atom stereocenters. The van der Waals surface area contributed by atoms with Crippen molar-refractivity contribution < 1.29 is 9.47 Å². The van der Waals surface area contributed by atoms with Gasteiger partial charge in [-0.25, -0.2) is 9.97 Å². The van der Waals surface area contributed by atoms with Crippen LogP contribution in [0.1, 0.15) is 141 Å². The first kappa shape index (κ1) is 49.4. The van der Waals surface area contributed by atoms with Crippen LogP contribution in [-0.4, -0.2) is 62.3 Å². The maximum Gasteiger partial charge on any atom is 0.119 e. The molecule has 4 aromatic carbocycles. The van der Waals surface area contributed by atoms with Crippen LogP contribution in [0, 0.1) is 0 Å². The van der Waals surface area contributed by atoms with E-state index >= 15 is 0 Å². The van der Waals surface area contributed by atoms with Crippen molar-refractivity contribution in [1.82, 2.24) is 14.9 Å². The second-order valence-electron chi connectivity index (χ2n) is 18.0. The van der Waals surface area contributed by atoms with Gasteiger partial charge in [-0.3, -0.25) is 0 Å². The molecule has 0 aliphatic carbocycles. The summed E-state index contributed by atoms with van der Waals surface area (Å²) < 4.78 is 11.0. The molecule has 0 aliphatic heterocycles. The number of anilines is 2. The van der Waals surface area contributed by atoms with Crippen molar-refractivity contribution in [3.63, 3.8) is 0 Å². The highest BCUT2D eigenvalue weighted by molar-refractivity contribution is 6.32. The van der Waals surface area contributed by atoms with Gasteiger partial charge in [-0.05, 0) is 119 Å². The molecule has 6 aromatic rings. The Balaban J connectivity index is 0.691. The van der Waals surface area contributed by atoms with Crippen LogP contribution in [0.15, 0.2) is 72.8 Å². The summed E-state index contributed by atoms with van der Waals surface area (Å²) in [7, 11) is 5.74. The molecule has 64 heavy (non-hydrogen) atoms. The first-order valence-corrected chi connectivity index (χ1v) is 25.5. The summed E-state index contributed by atoms with van der Waals surface area (Å²) in [6.45, 7) is 4.40. The number of unbranched alkanes of at least 4 members (excludes halogenated alkanes) is 20. The topological polar surface area (TPSA) is 71.5 Å². The fourth-order valence-corrected chi connectivity index (χ4v) is 9.49. The van der Waals surface area contributed by atoms with E-state index in [0.717, 1.165) is 86.0 Å². The van der Waals surface area contributed by atoms with Crippen molar-refractivity contribution in [2.24, 2.45) is 0 Å². The van der Waals surface area contributed by atoms with Crippen LogP contribution in [0.3, 0.4) is 0 Å². The number of ether oxygens (including phenoxy) is 2. The number of hydrogen-bond acceptors (Lipinski definition) is 7. The Kier molecular flexibility index (Phi) is 21.2. The van der Waals surface area contributed by atoms with E-state index in [-0.39, 0.29) is 0 Å². The SMILES string of the molecule is COc1ccc2nc3cc(Cl)ccc3c(NCCCCCCCCCCCCCCCN(C)CCCCCCCCCCCNc3c4ccc(Cl)cc4nc4ccc(OC)cc34)c2c1. The first-order chi connectivity index (χ1) is 31.4. The number of halogens is 2. The van der Waals surface area contributed by atoms with Gasteiger partial charge in [0.05, 0.1) is 47.7 Å². The first-order valence-electron chi connectivity index (χ1n) is 24.7. The quantitative estimate of drug-likeness (QED) is 0.0323. The van der Waals surface area contributed by atoms with Crippen molar-refractivity contribution in [1.29, 1.82) is 0 Å². The minimum atomic E-state index is 0.709. The summed E-state index contributed by atoms with van der Waals surface area (Å²) in [5, 5.41) is 13.3. The summed E-state index contributed by atoms with van der Waals surface area (Å²) in [5.41, 5.74) is 5.99. The number of fused-ring (bicyclic) bond motifs is 4. The standard InChI is InChI=1S/C55H75Cl2N5O2/c1-62(37-25-21-17-13-9-11-15-19-23-35-59-55-47-31-27-43(57)39-53(47)61-51-33-29-45(64-3)41-49(51)55)36-24-20-16-12-8-6-4-5-7-10-14-18-22-34-58-54-46-30-26-42(56)38-52(46)60-50-32-28-44(63-2)40-48(50)54/h26-33,38-41H,4-25,34-37H2,1-3H3,(H,58,60)(H,59,61). The van der Waals surface area contributed by atoms with Crippen LogP contribution in [0.2, 0.25) is 10.0 Å². The predicted octanol–water partition coefficient (Wildman–Crippen LogP) is 16.5. The Morgan fingerprint density at radius 3 is 1.11 bits per heavy atom. The molecule has 0 amide bonds. The molecule has 0 unspecified atom stereocenters. The zero-order chi connectivity index (χ0) is 44.8. The second-order valence-corrected chi connectivity index (χ2v) is 18.9. The third-order valence-corrected chi connectivity index (χ3v) is 13.4. The Morgan fingerprint density at radius 2 is 0.750 bits per heavy atom.